The first-order chi connectivity index (χ1) is 7.86. The molecular formula is C11H15BrN4O. The number of nitrogens with two attached hydrogens (primary N) is 1. The molecule has 0 heterocycles. The van der Waals surface area contributed by atoms with E-state index in [0.717, 1.165) is 20.6 Å². The van der Waals surface area contributed by atoms with E-state index >= 15 is 0 Å². The Morgan fingerprint density at radius 3 is 2.47 bits per heavy atom. The number of carbonyl (C=O) groups is 1. The number of hydrogen-bond donors (Lipinski definition) is 2. The summed E-state index contributed by atoms with van der Waals surface area (Å²) in [5.41, 5.74) is 7.01. The summed E-state index contributed by atoms with van der Waals surface area (Å²) in [6, 6.07) is 5.32. The summed E-state index contributed by atoms with van der Waals surface area (Å²) in [6.07, 6.45) is 0. The summed E-state index contributed by atoms with van der Waals surface area (Å²) in [5.74, 6) is -0.286. The third-order valence-electron chi connectivity index (χ3n) is 2.46. The zero-order valence-electron chi connectivity index (χ0n) is 9.99. The van der Waals surface area contributed by atoms with E-state index in [1.54, 1.807) is 7.05 Å². The second-order valence-electron chi connectivity index (χ2n) is 3.69. The molecule has 2 amide bonds. The van der Waals surface area contributed by atoms with Gasteiger partial charge in [-0.05, 0) is 34.5 Å². The molecular weight excluding hydrogens is 284 g/mol. The number of nitrogens with zero attached hydrogens (tertiary/aromatic N) is 2. The van der Waals surface area contributed by atoms with Crippen LogP contribution in [0.4, 0.5) is 10.5 Å². The molecule has 0 aromatic heterocycles. The maximum atomic E-state index is 12.0. The lowest BCUT2D eigenvalue weighted by atomic mass is 10.2. The van der Waals surface area contributed by atoms with Gasteiger partial charge in [0, 0.05) is 18.6 Å². The van der Waals surface area contributed by atoms with E-state index in [4.69, 9.17) is 11.1 Å². The van der Waals surface area contributed by atoms with Crippen LogP contribution in [0.5, 0.6) is 0 Å². The van der Waals surface area contributed by atoms with Crippen molar-refractivity contribution in [3.05, 3.63) is 28.2 Å². The minimum Gasteiger partial charge on any atom is -0.370 e. The molecule has 1 aromatic rings. The van der Waals surface area contributed by atoms with Gasteiger partial charge in [-0.2, -0.15) is 0 Å². The van der Waals surface area contributed by atoms with E-state index in [0.29, 0.717) is 0 Å². The van der Waals surface area contributed by atoms with Crippen molar-refractivity contribution in [3.63, 3.8) is 0 Å². The monoisotopic (exact) mass is 298 g/mol. The van der Waals surface area contributed by atoms with E-state index in [1.807, 2.05) is 25.1 Å². The fourth-order valence-electron chi connectivity index (χ4n) is 1.47. The van der Waals surface area contributed by atoms with Gasteiger partial charge in [-0.1, -0.05) is 12.1 Å². The molecule has 0 radical (unpaired) electrons. The highest BCUT2D eigenvalue weighted by atomic mass is 79.9. The molecule has 0 unspecified atom stereocenters. The van der Waals surface area contributed by atoms with Crippen molar-refractivity contribution < 1.29 is 4.79 Å². The van der Waals surface area contributed by atoms with Crippen molar-refractivity contribution in [2.45, 2.75) is 6.92 Å². The molecule has 0 atom stereocenters. The minimum absolute atomic E-state index is 0.286. The van der Waals surface area contributed by atoms with Crippen LogP contribution in [-0.4, -0.2) is 31.0 Å². The number of guanidine groups is 1. The number of para-hydroxylation sites is 1. The molecule has 0 saturated carbocycles. The molecule has 1 rings (SSSR count). The smallest absolute Gasteiger partial charge is 0.330 e. The number of rotatable bonds is 1. The first-order valence-electron chi connectivity index (χ1n) is 4.96. The van der Waals surface area contributed by atoms with Crippen LogP contribution >= 0.6 is 15.9 Å². The number of aryl methyl sites for hydroxylation is 1. The molecule has 0 bridgehead atoms. The Labute approximate surface area is 109 Å². The lowest BCUT2D eigenvalue weighted by molar-refractivity contribution is 0.233. The quantitative estimate of drug-likeness (QED) is 0.616. The average molecular weight is 299 g/mol. The van der Waals surface area contributed by atoms with Gasteiger partial charge < -0.3 is 5.73 Å². The van der Waals surface area contributed by atoms with Gasteiger partial charge in [-0.25, -0.2) is 4.79 Å². The van der Waals surface area contributed by atoms with E-state index in [1.165, 1.54) is 11.9 Å². The van der Waals surface area contributed by atoms with Crippen LogP contribution in [0.25, 0.3) is 0 Å². The van der Waals surface area contributed by atoms with Gasteiger partial charge in [0.15, 0.2) is 5.96 Å². The van der Waals surface area contributed by atoms with Crippen LogP contribution in [0.3, 0.4) is 0 Å². The Balaban J connectivity index is 3.09. The third kappa shape index (κ3) is 2.76. The molecule has 1 aromatic carbocycles. The Morgan fingerprint density at radius 1 is 1.41 bits per heavy atom. The first-order valence-corrected chi connectivity index (χ1v) is 5.76. The predicted octanol–water partition coefficient (Wildman–Crippen LogP) is 2.14. The Kier molecular flexibility index (Phi) is 4.11. The normalized spacial score (nSPS) is 9.88. The Bertz CT molecular complexity index is 441. The lowest BCUT2D eigenvalue weighted by Gasteiger charge is -2.25. The number of amides is 2. The highest BCUT2D eigenvalue weighted by Crippen LogP contribution is 2.29. The van der Waals surface area contributed by atoms with Gasteiger partial charge in [-0.15, -0.1) is 0 Å². The van der Waals surface area contributed by atoms with E-state index in [9.17, 15) is 4.79 Å². The summed E-state index contributed by atoms with van der Waals surface area (Å²) < 4.78 is 0.824. The molecule has 0 aliphatic rings. The van der Waals surface area contributed by atoms with Crippen molar-refractivity contribution in [2.75, 3.05) is 19.0 Å². The van der Waals surface area contributed by atoms with Gasteiger partial charge in [0.25, 0.3) is 0 Å². The second kappa shape index (κ2) is 5.18. The largest absolute Gasteiger partial charge is 0.370 e. The zero-order chi connectivity index (χ0) is 13.2. The van der Waals surface area contributed by atoms with Crippen LogP contribution in [0.15, 0.2) is 22.7 Å². The first kappa shape index (κ1) is 13.5. The number of halogens is 1. The van der Waals surface area contributed by atoms with E-state index < -0.39 is 0 Å². The Morgan fingerprint density at radius 2 is 2.00 bits per heavy atom. The molecule has 0 spiro atoms. The van der Waals surface area contributed by atoms with Crippen LogP contribution in [0.1, 0.15) is 5.56 Å². The Hall–Kier alpha value is -1.56. The summed E-state index contributed by atoms with van der Waals surface area (Å²) in [6.45, 7) is 1.91. The molecule has 0 saturated heterocycles. The molecule has 17 heavy (non-hydrogen) atoms. The van der Waals surface area contributed by atoms with Crippen molar-refractivity contribution >= 4 is 33.6 Å². The van der Waals surface area contributed by atoms with Crippen molar-refractivity contribution in [1.29, 1.82) is 5.41 Å². The summed E-state index contributed by atoms with van der Waals surface area (Å²) >= 11 is 3.40. The highest BCUT2D eigenvalue weighted by molar-refractivity contribution is 9.10. The summed E-state index contributed by atoms with van der Waals surface area (Å²) in [5, 5.41) is 7.24. The molecule has 92 valence electrons. The van der Waals surface area contributed by atoms with Gasteiger partial charge in [0.2, 0.25) is 0 Å². The zero-order valence-corrected chi connectivity index (χ0v) is 11.6. The summed E-state index contributed by atoms with van der Waals surface area (Å²) in [7, 11) is 3.11. The van der Waals surface area contributed by atoms with E-state index in [2.05, 4.69) is 15.9 Å². The van der Waals surface area contributed by atoms with Gasteiger partial charge >= 0.3 is 6.03 Å². The predicted molar refractivity (Wildman–Crippen MR) is 72.4 cm³/mol. The van der Waals surface area contributed by atoms with E-state index in [-0.39, 0.29) is 12.0 Å². The summed E-state index contributed by atoms with van der Waals surface area (Å²) in [4.78, 5) is 14.5. The van der Waals surface area contributed by atoms with Crippen LogP contribution in [0, 0.1) is 12.3 Å². The van der Waals surface area contributed by atoms with Crippen molar-refractivity contribution in [3.8, 4) is 0 Å². The molecule has 6 heteroatoms. The standard InChI is InChI=1S/C11H15BrN4O/c1-7-5-4-6-8(12)9(7)15(2)11(17)16(3)10(13)14/h4-6H,1-3H3,(H3,13,14). The SMILES string of the molecule is Cc1cccc(Br)c1N(C)C(=O)N(C)C(=N)N. The molecule has 0 aliphatic heterocycles. The molecule has 5 nitrogen and oxygen atoms in total. The number of carbonyl (C=O) groups excluding carboxylic acids is 1. The van der Waals surface area contributed by atoms with Gasteiger partial charge in [0.1, 0.15) is 0 Å². The minimum atomic E-state index is -0.354. The maximum Gasteiger partial charge on any atom is 0.330 e. The van der Waals surface area contributed by atoms with Crippen molar-refractivity contribution in [2.24, 2.45) is 5.73 Å². The maximum absolute atomic E-state index is 12.0. The lowest BCUT2D eigenvalue weighted by Crippen LogP contribution is -2.45. The fourth-order valence-corrected chi connectivity index (χ4v) is 2.20. The fraction of sp³-hybridized carbons (Fsp3) is 0.273. The van der Waals surface area contributed by atoms with Crippen LogP contribution in [-0.2, 0) is 0 Å². The number of urea groups is 1. The van der Waals surface area contributed by atoms with Gasteiger partial charge in [0.05, 0.1) is 5.69 Å². The van der Waals surface area contributed by atoms with Gasteiger partial charge in [-0.3, -0.25) is 15.2 Å². The van der Waals surface area contributed by atoms with Crippen molar-refractivity contribution in [1.82, 2.24) is 4.90 Å². The number of benzene rings is 1. The second-order valence-corrected chi connectivity index (χ2v) is 4.55. The topological polar surface area (TPSA) is 73.4 Å². The average Bonchev–Trinajstić information content (AvgIpc) is 2.26. The third-order valence-corrected chi connectivity index (χ3v) is 3.10. The highest BCUT2D eigenvalue weighted by Gasteiger charge is 2.20. The molecule has 0 aliphatic carbocycles. The van der Waals surface area contributed by atoms with Crippen LogP contribution < -0.4 is 10.6 Å². The van der Waals surface area contributed by atoms with Crippen LogP contribution in [0.2, 0.25) is 0 Å². The molecule has 0 fully saturated rings. The number of anilines is 1. The number of hydrogen-bond acceptors (Lipinski definition) is 2. The number of nitrogens with one attached hydrogen (secondary N) is 1. The molecule has 3 N–H and O–H groups in total.